The first-order valence-corrected chi connectivity index (χ1v) is 16.4. The normalized spacial score (nSPS) is 41.8. The number of carbonyl (C=O) groups excluding carboxylic acids is 4. The molecular weight excluding hydrogens is 552 g/mol. The molecule has 0 aromatic heterocycles. The zero-order chi connectivity index (χ0) is 31.5. The van der Waals surface area contributed by atoms with Crippen molar-refractivity contribution in [3.63, 3.8) is 0 Å². The average Bonchev–Trinajstić information content (AvgIpc) is 3.64. The van der Waals surface area contributed by atoms with Crippen molar-refractivity contribution >= 4 is 23.9 Å². The lowest BCUT2D eigenvalue weighted by atomic mass is 9.43. The number of esters is 4. The first kappa shape index (κ1) is 32.2. The number of epoxide rings is 1. The lowest BCUT2D eigenvalue weighted by Crippen LogP contribution is -2.64. The summed E-state index contributed by atoms with van der Waals surface area (Å²) in [5, 5.41) is 0. The summed E-state index contributed by atoms with van der Waals surface area (Å²) in [5.74, 6) is 0.325. The maximum Gasteiger partial charge on any atom is 0.311 e. The minimum Gasteiger partial charge on any atom is -0.469 e. The molecule has 43 heavy (non-hydrogen) atoms. The molecule has 1 saturated heterocycles. The summed E-state index contributed by atoms with van der Waals surface area (Å²) in [6.07, 6.45) is 5.63. The smallest absolute Gasteiger partial charge is 0.311 e. The zero-order valence-corrected chi connectivity index (χ0v) is 27.3. The van der Waals surface area contributed by atoms with Crippen LogP contribution in [0, 0.1) is 51.8 Å². The second-order valence-electron chi connectivity index (χ2n) is 15.5. The SMILES string of the molecule is COC(=O)CC[C@@H](C)[C@H]1CC[C@H]2[C@@H]3[C@@H]4O[C@@H]4[C@@H]4C[C@H](OC(C)=O)CC[C@]4(COC(=O)C(C)(C)C)[C@H]3C[C@H](OC(C)=O)[C@]12C. The summed E-state index contributed by atoms with van der Waals surface area (Å²) in [6, 6.07) is 0. The minimum atomic E-state index is -0.627. The fourth-order valence-electron chi connectivity index (χ4n) is 10.2. The summed E-state index contributed by atoms with van der Waals surface area (Å²) in [6.45, 7) is 13.4. The number of carbonyl (C=O) groups is 4. The largest absolute Gasteiger partial charge is 0.469 e. The van der Waals surface area contributed by atoms with Crippen LogP contribution in [0.2, 0.25) is 0 Å². The van der Waals surface area contributed by atoms with Crippen LogP contribution in [-0.2, 0) is 42.9 Å². The Morgan fingerprint density at radius 1 is 0.930 bits per heavy atom. The van der Waals surface area contributed by atoms with Crippen molar-refractivity contribution < 1.29 is 42.9 Å². The van der Waals surface area contributed by atoms with Crippen molar-refractivity contribution in [2.45, 2.75) is 124 Å². The second-order valence-corrected chi connectivity index (χ2v) is 15.5. The first-order valence-electron chi connectivity index (χ1n) is 16.4. The maximum atomic E-state index is 13.1. The monoisotopic (exact) mass is 604 g/mol. The van der Waals surface area contributed by atoms with Crippen molar-refractivity contribution in [2.24, 2.45) is 51.8 Å². The number of hydrogen-bond donors (Lipinski definition) is 0. The summed E-state index contributed by atoms with van der Waals surface area (Å²) >= 11 is 0. The topological polar surface area (TPSA) is 118 Å². The number of rotatable bonds is 8. The molecular formula is C34H52O9. The fourth-order valence-corrected chi connectivity index (χ4v) is 10.2. The van der Waals surface area contributed by atoms with Crippen molar-refractivity contribution in [1.82, 2.24) is 0 Å². The molecule has 0 N–H and O–H groups in total. The molecule has 9 nitrogen and oxygen atoms in total. The van der Waals surface area contributed by atoms with Gasteiger partial charge in [0.2, 0.25) is 0 Å². The van der Waals surface area contributed by atoms with Gasteiger partial charge in [-0.2, -0.15) is 0 Å². The van der Waals surface area contributed by atoms with Crippen LogP contribution in [0.5, 0.6) is 0 Å². The van der Waals surface area contributed by atoms with Crippen LogP contribution in [-0.4, -0.2) is 62.0 Å². The van der Waals surface area contributed by atoms with Gasteiger partial charge in [0.1, 0.15) is 12.2 Å². The van der Waals surface area contributed by atoms with E-state index < -0.39 is 5.41 Å². The molecule has 0 bridgehead atoms. The van der Waals surface area contributed by atoms with E-state index in [9.17, 15) is 19.2 Å². The van der Waals surface area contributed by atoms with Crippen LogP contribution in [0.1, 0.15) is 99.8 Å². The van der Waals surface area contributed by atoms with Crippen LogP contribution in [0.15, 0.2) is 0 Å². The van der Waals surface area contributed by atoms with Crippen LogP contribution in [0.3, 0.4) is 0 Å². The molecule has 0 aromatic carbocycles. The zero-order valence-electron chi connectivity index (χ0n) is 27.3. The second kappa shape index (κ2) is 11.6. The molecule has 242 valence electrons. The molecule has 1 aliphatic heterocycles. The van der Waals surface area contributed by atoms with Gasteiger partial charge in [-0.05, 0) is 95.3 Å². The predicted octanol–water partition coefficient (Wildman–Crippen LogP) is 5.26. The Kier molecular flexibility index (Phi) is 8.73. The molecule has 0 spiro atoms. The van der Waals surface area contributed by atoms with E-state index in [-0.39, 0.29) is 94.6 Å². The first-order chi connectivity index (χ1) is 20.1. The molecule has 0 aromatic rings. The van der Waals surface area contributed by atoms with Gasteiger partial charge >= 0.3 is 23.9 Å². The Morgan fingerprint density at radius 2 is 1.63 bits per heavy atom. The lowest BCUT2D eigenvalue weighted by molar-refractivity contribution is -0.206. The van der Waals surface area contributed by atoms with E-state index in [0.29, 0.717) is 32.3 Å². The molecule has 9 heteroatoms. The molecule has 1 heterocycles. The van der Waals surface area contributed by atoms with Gasteiger partial charge in [-0.25, -0.2) is 0 Å². The van der Waals surface area contributed by atoms with Gasteiger partial charge in [0.15, 0.2) is 0 Å². The van der Waals surface area contributed by atoms with E-state index in [4.69, 9.17) is 23.7 Å². The van der Waals surface area contributed by atoms with E-state index in [1.54, 1.807) is 0 Å². The number of hydrogen-bond acceptors (Lipinski definition) is 9. The molecule has 4 saturated carbocycles. The van der Waals surface area contributed by atoms with Crippen molar-refractivity contribution in [3.8, 4) is 0 Å². The third kappa shape index (κ3) is 5.72. The van der Waals surface area contributed by atoms with Crippen LogP contribution in [0.4, 0.5) is 0 Å². The van der Waals surface area contributed by atoms with Gasteiger partial charge in [0.05, 0.1) is 31.3 Å². The van der Waals surface area contributed by atoms with Crippen molar-refractivity contribution in [1.29, 1.82) is 0 Å². The van der Waals surface area contributed by atoms with Gasteiger partial charge in [0.25, 0.3) is 0 Å². The average molecular weight is 605 g/mol. The Labute approximate surface area is 256 Å². The number of ether oxygens (including phenoxy) is 5. The van der Waals surface area contributed by atoms with Crippen molar-refractivity contribution in [3.05, 3.63) is 0 Å². The third-order valence-corrected chi connectivity index (χ3v) is 12.2. The molecule has 5 fully saturated rings. The summed E-state index contributed by atoms with van der Waals surface area (Å²) < 4.78 is 29.6. The third-order valence-electron chi connectivity index (χ3n) is 12.2. The molecule has 5 rings (SSSR count). The van der Waals surface area contributed by atoms with E-state index in [0.717, 1.165) is 25.7 Å². The highest BCUT2D eigenvalue weighted by Gasteiger charge is 2.74. The highest BCUT2D eigenvalue weighted by molar-refractivity contribution is 5.75. The Hall–Kier alpha value is -2.16. The summed E-state index contributed by atoms with van der Waals surface area (Å²) in [5.41, 5.74) is -1.24. The van der Waals surface area contributed by atoms with Gasteiger partial charge in [0, 0.05) is 37.0 Å². The predicted molar refractivity (Wildman–Crippen MR) is 156 cm³/mol. The van der Waals surface area contributed by atoms with Crippen LogP contribution >= 0.6 is 0 Å². The molecule has 4 aliphatic carbocycles. The Balaban J connectivity index is 1.50. The van der Waals surface area contributed by atoms with Gasteiger partial charge in [-0.15, -0.1) is 0 Å². The standard InChI is InChI=1S/C34H52O9/c1-18(9-12-27(37)39-8)22-10-11-23-28-24(16-26(33(22,23)7)42-20(3)36)34(17-40-31(38)32(4,5)6)14-13-21(41-19(2)35)15-25(34)29-30(28)43-29/h18,21-26,28-30H,9-17H2,1-8H3/t18-,21-,22-,23+,24+,25+,26+,28+,29-,30+,33-,34+/m1/s1. The highest BCUT2D eigenvalue weighted by Crippen LogP contribution is 2.72. The molecule has 0 unspecified atom stereocenters. The molecule has 0 amide bonds. The molecule has 5 aliphatic rings. The molecule has 12 atom stereocenters. The Bertz CT molecular complexity index is 1110. The van der Waals surface area contributed by atoms with E-state index in [2.05, 4.69) is 13.8 Å². The van der Waals surface area contributed by atoms with Crippen molar-refractivity contribution in [2.75, 3.05) is 13.7 Å². The maximum absolute atomic E-state index is 13.1. The summed E-state index contributed by atoms with van der Waals surface area (Å²) in [7, 11) is 1.43. The highest BCUT2D eigenvalue weighted by atomic mass is 16.6. The van der Waals surface area contributed by atoms with Gasteiger partial charge < -0.3 is 23.7 Å². The van der Waals surface area contributed by atoms with Crippen LogP contribution in [0.25, 0.3) is 0 Å². The van der Waals surface area contributed by atoms with E-state index in [1.807, 2.05) is 20.8 Å². The Morgan fingerprint density at radius 3 is 2.26 bits per heavy atom. The summed E-state index contributed by atoms with van der Waals surface area (Å²) in [4.78, 5) is 49.6. The van der Waals surface area contributed by atoms with Gasteiger partial charge in [-0.1, -0.05) is 13.8 Å². The van der Waals surface area contributed by atoms with Gasteiger partial charge in [-0.3, -0.25) is 19.2 Å². The molecule has 0 radical (unpaired) electrons. The van der Waals surface area contributed by atoms with E-state index in [1.165, 1.54) is 21.0 Å². The van der Waals surface area contributed by atoms with E-state index >= 15 is 0 Å². The fraction of sp³-hybridized carbons (Fsp3) is 0.882. The number of fused-ring (bicyclic) bond motifs is 8. The minimum absolute atomic E-state index is 0.0401. The quantitative estimate of drug-likeness (QED) is 0.208. The lowest BCUT2D eigenvalue weighted by Gasteiger charge is -2.62. The number of methoxy groups -OCH3 is 1. The van der Waals surface area contributed by atoms with Crippen LogP contribution < -0.4 is 0 Å².